The van der Waals surface area contributed by atoms with Crippen molar-refractivity contribution in [3.63, 3.8) is 0 Å². The third-order valence-corrected chi connectivity index (χ3v) is 4.60. The van der Waals surface area contributed by atoms with E-state index in [-0.39, 0.29) is 35.9 Å². The van der Waals surface area contributed by atoms with Gasteiger partial charge in [-0.3, -0.25) is 0 Å². The first-order chi connectivity index (χ1) is 16.1. The smallest absolute Gasteiger partial charge is 0.408 e. The van der Waals surface area contributed by atoms with Gasteiger partial charge in [-0.2, -0.15) is 8.78 Å². The number of ether oxygens (including phenoxy) is 1. The SMILES string of the molecule is Br.CC(C)CC(F)(F)CC(NC(=O)OCc1ccccc1)C(=O)O.CC(C)CCCC(F)(F)C(=O)O. The molecule has 0 aromatic heterocycles. The number of amides is 1. The van der Waals surface area contributed by atoms with E-state index >= 15 is 0 Å². The second kappa shape index (κ2) is 17.1. The number of halogens is 5. The van der Waals surface area contributed by atoms with Crippen molar-refractivity contribution in [1.29, 1.82) is 0 Å². The van der Waals surface area contributed by atoms with E-state index in [0.29, 0.717) is 17.9 Å². The van der Waals surface area contributed by atoms with Gasteiger partial charge in [0, 0.05) is 19.3 Å². The first kappa shape index (κ1) is 35.8. The summed E-state index contributed by atoms with van der Waals surface area (Å²) in [7, 11) is 0. The molecule has 1 unspecified atom stereocenters. The number of carboxylic acid groups (broad SMARTS) is 2. The fraction of sp³-hybridized carbons (Fsp3) is 0.625. The molecule has 1 rings (SSSR count). The van der Waals surface area contributed by atoms with E-state index < -0.39 is 55.2 Å². The fourth-order valence-corrected chi connectivity index (χ4v) is 2.93. The number of carbonyl (C=O) groups excluding carboxylic acids is 1. The van der Waals surface area contributed by atoms with Crippen LogP contribution in [0.1, 0.15) is 65.4 Å². The molecule has 208 valence electrons. The summed E-state index contributed by atoms with van der Waals surface area (Å²) in [6, 6.07) is 7.04. The van der Waals surface area contributed by atoms with E-state index in [0.717, 1.165) is 0 Å². The molecule has 0 saturated heterocycles. The Morgan fingerprint density at radius 3 is 1.94 bits per heavy atom. The lowest BCUT2D eigenvalue weighted by molar-refractivity contribution is -0.165. The number of rotatable bonds is 13. The second-order valence-corrected chi connectivity index (χ2v) is 9.05. The maximum absolute atomic E-state index is 13.7. The standard InChI is InChI=1S/C16H21F2NO4.C8H14F2O2.BrH/c1-11(2)8-16(17,18)9-13(14(20)21)19-15(22)23-10-12-6-4-3-5-7-12;1-6(2)4-3-5-8(9,10)7(11)12;/h3-7,11,13H,8-10H2,1-2H3,(H,19,22)(H,20,21);6H,3-5H2,1-2H3,(H,11,12);1H. The van der Waals surface area contributed by atoms with Crippen LogP contribution in [-0.2, 0) is 20.9 Å². The molecule has 0 radical (unpaired) electrons. The van der Waals surface area contributed by atoms with Crippen LogP contribution < -0.4 is 5.32 Å². The van der Waals surface area contributed by atoms with Crippen molar-refractivity contribution >= 4 is 35.0 Å². The zero-order chi connectivity index (χ0) is 27.2. The van der Waals surface area contributed by atoms with Crippen molar-refractivity contribution in [3.8, 4) is 0 Å². The summed E-state index contributed by atoms with van der Waals surface area (Å²) >= 11 is 0. The van der Waals surface area contributed by atoms with Crippen LogP contribution in [0.25, 0.3) is 0 Å². The topological polar surface area (TPSA) is 113 Å². The van der Waals surface area contributed by atoms with Gasteiger partial charge < -0.3 is 20.3 Å². The minimum Gasteiger partial charge on any atom is -0.480 e. The summed E-state index contributed by atoms with van der Waals surface area (Å²) in [5.41, 5.74) is 0.708. The predicted molar refractivity (Wildman–Crippen MR) is 132 cm³/mol. The van der Waals surface area contributed by atoms with Gasteiger partial charge in [-0.1, -0.05) is 64.4 Å². The summed E-state index contributed by atoms with van der Waals surface area (Å²) in [6.07, 6.45) is -2.11. The Balaban J connectivity index is 0. The summed E-state index contributed by atoms with van der Waals surface area (Å²) in [4.78, 5) is 32.6. The van der Waals surface area contributed by atoms with Gasteiger partial charge >= 0.3 is 24.0 Å². The third kappa shape index (κ3) is 17.1. The minimum atomic E-state index is -3.55. The van der Waals surface area contributed by atoms with Gasteiger partial charge in [0.2, 0.25) is 0 Å². The maximum atomic E-state index is 13.7. The van der Waals surface area contributed by atoms with Crippen LogP contribution in [0.3, 0.4) is 0 Å². The quantitative estimate of drug-likeness (QED) is 0.225. The monoisotopic (exact) mass is 589 g/mol. The molecule has 0 saturated carbocycles. The predicted octanol–water partition coefficient (Wildman–Crippen LogP) is 6.55. The number of aliphatic carboxylic acids is 2. The van der Waals surface area contributed by atoms with Gasteiger partial charge in [-0.15, -0.1) is 17.0 Å². The Morgan fingerprint density at radius 2 is 1.50 bits per heavy atom. The molecule has 0 aliphatic carbocycles. The Kier molecular flexibility index (Phi) is 17.0. The zero-order valence-electron chi connectivity index (χ0n) is 20.8. The first-order valence-corrected chi connectivity index (χ1v) is 11.2. The van der Waals surface area contributed by atoms with Crippen LogP contribution in [0.5, 0.6) is 0 Å². The lowest BCUT2D eigenvalue weighted by Gasteiger charge is -2.22. The van der Waals surface area contributed by atoms with Crippen molar-refractivity contribution in [3.05, 3.63) is 35.9 Å². The molecule has 0 heterocycles. The molecule has 0 fully saturated rings. The molecule has 3 N–H and O–H groups in total. The highest BCUT2D eigenvalue weighted by molar-refractivity contribution is 8.93. The molecule has 1 aromatic rings. The lowest BCUT2D eigenvalue weighted by Crippen LogP contribution is -2.44. The van der Waals surface area contributed by atoms with Crippen LogP contribution in [0.2, 0.25) is 0 Å². The molecule has 12 heteroatoms. The number of alkyl carbamates (subject to hydrolysis) is 1. The van der Waals surface area contributed by atoms with Crippen LogP contribution in [0, 0.1) is 11.8 Å². The van der Waals surface area contributed by atoms with Gasteiger partial charge in [0.25, 0.3) is 5.92 Å². The molecule has 36 heavy (non-hydrogen) atoms. The summed E-state index contributed by atoms with van der Waals surface area (Å²) in [5.74, 6) is -10.2. The number of carbonyl (C=O) groups is 3. The maximum Gasteiger partial charge on any atom is 0.408 e. The molecular formula is C24H36BrF4NO6. The van der Waals surface area contributed by atoms with Crippen LogP contribution in [0.15, 0.2) is 30.3 Å². The number of hydrogen-bond donors (Lipinski definition) is 3. The van der Waals surface area contributed by atoms with Gasteiger partial charge in [0.15, 0.2) is 0 Å². The van der Waals surface area contributed by atoms with E-state index in [1.807, 2.05) is 19.2 Å². The molecule has 7 nitrogen and oxygen atoms in total. The molecule has 0 bridgehead atoms. The number of nitrogens with one attached hydrogen (secondary N) is 1. The largest absolute Gasteiger partial charge is 0.480 e. The first-order valence-electron chi connectivity index (χ1n) is 11.2. The van der Waals surface area contributed by atoms with Crippen LogP contribution in [0.4, 0.5) is 22.4 Å². The van der Waals surface area contributed by atoms with Gasteiger partial charge in [0.05, 0.1) is 0 Å². The van der Waals surface area contributed by atoms with Gasteiger partial charge in [-0.25, -0.2) is 23.2 Å². The highest BCUT2D eigenvalue weighted by Crippen LogP contribution is 2.28. The summed E-state index contributed by atoms with van der Waals surface area (Å²) in [5, 5.41) is 19.0. The molecule has 0 aliphatic heterocycles. The lowest BCUT2D eigenvalue weighted by atomic mass is 9.99. The van der Waals surface area contributed by atoms with E-state index in [1.165, 1.54) is 0 Å². The fourth-order valence-electron chi connectivity index (χ4n) is 2.93. The minimum absolute atomic E-state index is 0. The number of benzene rings is 1. The summed E-state index contributed by atoms with van der Waals surface area (Å²) < 4.78 is 57.1. The molecule has 0 aliphatic rings. The van der Waals surface area contributed by atoms with Gasteiger partial charge in [0.1, 0.15) is 12.6 Å². The van der Waals surface area contributed by atoms with Crippen molar-refractivity contribution < 1.29 is 46.9 Å². The Bertz CT molecular complexity index is 794. The highest BCUT2D eigenvalue weighted by Gasteiger charge is 2.38. The van der Waals surface area contributed by atoms with Crippen molar-refractivity contribution in [2.75, 3.05) is 0 Å². The zero-order valence-corrected chi connectivity index (χ0v) is 22.5. The van der Waals surface area contributed by atoms with Crippen LogP contribution >= 0.6 is 17.0 Å². The van der Waals surface area contributed by atoms with Crippen molar-refractivity contribution in [2.24, 2.45) is 11.8 Å². The highest BCUT2D eigenvalue weighted by atomic mass is 79.9. The molecule has 1 atom stereocenters. The number of alkyl halides is 4. The average molecular weight is 590 g/mol. The Hall–Kier alpha value is -2.37. The van der Waals surface area contributed by atoms with E-state index in [9.17, 15) is 31.9 Å². The second-order valence-electron chi connectivity index (χ2n) is 9.05. The van der Waals surface area contributed by atoms with E-state index in [2.05, 4.69) is 0 Å². The molecule has 1 amide bonds. The molecule has 0 spiro atoms. The molecular weight excluding hydrogens is 554 g/mol. The Labute approximate surface area is 219 Å². The van der Waals surface area contributed by atoms with Crippen molar-refractivity contribution in [1.82, 2.24) is 5.32 Å². The Morgan fingerprint density at radius 1 is 0.944 bits per heavy atom. The molecule has 1 aromatic carbocycles. The van der Waals surface area contributed by atoms with E-state index in [4.69, 9.17) is 14.9 Å². The number of carboxylic acids is 2. The van der Waals surface area contributed by atoms with Gasteiger partial charge in [-0.05, 0) is 23.8 Å². The third-order valence-electron chi connectivity index (χ3n) is 4.60. The average Bonchev–Trinajstić information content (AvgIpc) is 2.71. The van der Waals surface area contributed by atoms with E-state index in [1.54, 1.807) is 44.2 Å². The van der Waals surface area contributed by atoms with Crippen LogP contribution in [-0.4, -0.2) is 46.1 Å². The van der Waals surface area contributed by atoms with Crippen molar-refractivity contribution in [2.45, 2.75) is 84.3 Å². The normalized spacial score (nSPS) is 12.2. The summed E-state index contributed by atoms with van der Waals surface area (Å²) in [6.45, 7) is 7.00. The number of hydrogen-bond acceptors (Lipinski definition) is 4.